The number of rotatable bonds is 4. The number of halogens is 1. The van der Waals surface area contributed by atoms with E-state index < -0.39 is 9.84 Å². The molecule has 5 nitrogen and oxygen atoms in total. The predicted molar refractivity (Wildman–Crippen MR) is 74.8 cm³/mol. The van der Waals surface area contributed by atoms with Crippen LogP contribution in [0.5, 0.6) is 0 Å². The SMILES string of the molecule is O=C(CNC1C=CS(=O)(=O)C1)Nc1ccc(Cl)cc1. The molecule has 2 N–H and O–H groups in total. The molecule has 0 radical (unpaired) electrons. The van der Waals surface area contributed by atoms with Crippen LogP contribution in [0.15, 0.2) is 35.7 Å². The summed E-state index contributed by atoms with van der Waals surface area (Å²) in [6.07, 6.45) is 1.55. The van der Waals surface area contributed by atoms with Gasteiger partial charge in [-0.15, -0.1) is 0 Å². The van der Waals surface area contributed by atoms with Gasteiger partial charge in [-0.05, 0) is 24.3 Å². The molecule has 1 aromatic carbocycles. The fourth-order valence-corrected chi connectivity index (χ4v) is 3.06. The molecule has 0 fully saturated rings. The predicted octanol–water partition coefficient (Wildman–Crippen LogP) is 1.18. The molecule has 1 heterocycles. The molecule has 0 spiro atoms. The van der Waals surface area contributed by atoms with E-state index in [-0.39, 0.29) is 24.2 Å². The lowest BCUT2D eigenvalue weighted by Gasteiger charge is -2.10. The third-order valence-electron chi connectivity index (χ3n) is 2.58. The minimum Gasteiger partial charge on any atom is -0.325 e. The van der Waals surface area contributed by atoms with Crippen LogP contribution < -0.4 is 10.6 Å². The normalized spacial score (nSPS) is 20.4. The molecule has 1 amide bonds. The van der Waals surface area contributed by atoms with Crippen molar-refractivity contribution in [1.82, 2.24) is 5.32 Å². The number of hydrogen-bond donors (Lipinski definition) is 2. The van der Waals surface area contributed by atoms with E-state index in [9.17, 15) is 13.2 Å². The van der Waals surface area contributed by atoms with Gasteiger partial charge in [0.1, 0.15) is 0 Å². The monoisotopic (exact) mass is 300 g/mol. The van der Waals surface area contributed by atoms with Crippen molar-refractivity contribution in [3.05, 3.63) is 40.8 Å². The molecular formula is C12H13ClN2O3S. The molecule has 102 valence electrons. The van der Waals surface area contributed by atoms with E-state index in [1.807, 2.05) is 0 Å². The Morgan fingerprint density at radius 3 is 2.58 bits per heavy atom. The fourth-order valence-electron chi connectivity index (χ4n) is 1.67. The van der Waals surface area contributed by atoms with Crippen LogP contribution in [0.25, 0.3) is 0 Å². The van der Waals surface area contributed by atoms with Crippen LogP contribution in [-0.2, 0) is 14.6 Å². The number of amides is 1. The van der Waals surface area contributed by atoms with Crippen LogP contribution in [0.2, 0.25) is 5.02 Å². The summed E-state index contributed by atoms with van der Waals surface area (Å²) in [7, 11) is -3.10. The molecule has 1 atom stereocenters. The summed E-state index contributed by atoms with van der Waals surface area (Å²) >= 11 is 5.73. The zero-order chi connectivity index (χ0) is 13.9. The molecule has 0 saturated heterocycles. The molecule has 0 aliphatic carbocycles. The van der Waals surface area contributed by atoms with Crippen molar-refractivity contribution in [2.24, 2.45) is 0 Å². The fraction of sp³-hybridized carbons (Fsp3) is 0.250. The maximum atomic E-state index is 11.6. The van der Waals surface area contributed by atoms with Crippen LogP contribution in [0, 0.1) is 0 Å². The summed E-state index contributed by atoms with van der Waals surface area (Å²) in [5.41, 5.74) is 0.644. The van der Waals surface area contributed by atoms with Crippen molar-refractivity contribution in [3.8, 4) is 0 Å². The average Bonchev–Trinajstić information content (AvgIpc) is 2.69. The number of nitrogens with one attached hydrogen (secondary N) is 2. The smallest absolute Gasteiger partial charge is 0.238 e. The maximum Gasteiger partial charge on any atom is 0.238 e. The third-order valence-corrected chi connectivity index (χ3v) is 4.23. The molecule has 1 unspecified atom stereocenters. The van der Waals surface area contributed by atoms with E-state index in [0.717, 1.165) is 0 Å². The molecule has 0 aromatic heterocycles. The van der Waals surface area contributed by atoms with E-state index in [0.29, 0.717) is 10.7 Å². The minimum atomic E-state index is -3.10. The highest BCUT2D eigenvalue weighted by Gasteiger charge is 2.21. The lowest BCUT2D eigenvalue weighted by Crippen LogP contribution is -2.36. The van der Waals surface area contributed by atoms with Crippen molar-refractivity contribution < 1.29 is 13.2 Å². The highest BCUT2D eigenvalue weighted by molar-refractivity contribution is 7.94. The van der Waals surface area contributed by atoms with Crippen LogP contribution in [0.3, 0.4) is 0 Å². The Labute approximate surface area is 116 Å². The molecular weight excluding hydrogens is 288 g/mol. The molecule has 2 rings (SSSR count). The molecule has 7 heteroatoms. The second-order valence-electron chi connectivity index (χ2n) is 4.20. The van der Waals surface area contributed by atoms with Gasteiger partial charge in [0, 0.05) is 22.2 Å². The first-order valence-corrected chi connectivity index (χ1v) is 7.74. The quantitative estimate of drug-likeness (QED) is 0.875. The van der Waals surface area contributed by atoms with E-state index >= 15 is 0 Å². The first kappa shape index (κ1) is 14.0. The van der Waals surface area contributed by atoms with Crippen molar-refractivity contribution >= 4 is 33.0 Å². The van der Waals surface area contributed by atoms with Crippen LogP contribution in [0.4, 0.5) is 5.69 Å². The Morgan fingerprint density at radius 1 is 1.32 bits per heavy atom. The number of anilines is 1. The van der Waals surface area contributed by atoms with E-state index in [2.05, 4.69) is 10.6 Å². The Balaban J connectivity index is 1.79. The highest BCUT2D eigenvalue weighted by atomic mass is 35.5. The van der Waals surface area contributed by atoms with E-state index in [1.54, 1.807) is 30.3 Å². The van der Waals surface area contributed by atoms with E-state index in [4.69, 9.17) is 11.6 Å². The van der Waals surface area contributed by atoms with Gasteiger partial charge in [0.15, 0.2) is 9.84 Å². The van der Waals surface area contributed by atoms with Gasteiger partial charge in [-0.25, -0.2) is 8.42 Å². The number of sulfone groups is 1. The summed E-state index contributed by atoms with van der Waals surface area (Å²) in [5, 5.41) is 7.31. The van der Waals surface area contributed by atoms with Crippen LogP contribution >= 0.6 is 11.6 Å². The number of benzene rings is 1. The molecule has 19 heavy (non-hydrogen) atoms. The first-order chi connectivity index (χ1) is 8.94. The average molecular weight is 301 g/mol. The van der Waals surface area contributed by atoms with Gasteiger partial charge in [-0.1, -0.05) is 17.7 Å². The topological polar surface area (TPSA) is 75.3 Å². The second kappa shape index (κ2) is 5.73. The van der Waals surface area contributed by atoms with E-state index in [1.165, 1.54) is 5.41 Å². The molecule has 1 aliphatic heterocycles. The Kier molecular flexibility index (Phi) is 4.24. The van der Waals surface area contributed by atoms with Crippen molar-refractivity contribution in [2.45, 2.75) is 6.04 Å². The maximum absolute atomic E-state index is 11.6. The summed E-state index contributed by atoms with van der Waals surface area (Å²) in [6.45, 7) is 0.0488. The summed E-state index contributed by atoms with van der Waals surface area (Å²) in [5.74, 6) is -0.235. The highest BCUT2D eigenvalue weighted by Crippen LogP contribution is 2.13. The van der Waals surface area contributed by atoms with Gasteiger partial charge < -0.3 is 10.6 Å². The van der Waals surface area contributed by atoms with Gasteiger partial charge >= 0.3 is 0 Å². The lowest BCUT2D eigenvalue weighted by atomic mass is 10.3. The largest absolute Gasteiger partial charge is 0.325 e. The molecule has 0 saturated carbocycles. The Hall–Kier alpha value is -1.37. The molecule has 1 aliphatic rings. The van der Waals surface area contributed by atoms with Gasteiger partial charge in [-0.2, -0.15) is 0 Å². The molecule has 1 aromatic rings. The van der Waals surface area contributed by atoms with Crippen LogP contribution in [0.1, 0.15) is 0 Å². The van der Waals surface area contributed by atoms with Gasteiger partial charge in [0.25, 0.3) is 0 Å². The lowest BCUT2D eigenvalue weighted by molar-refractivity contribution is -0.115. The summed E-state index contributed by atoms with van der Waals surface area (Å²) in [4.78, 5) is 11.6. The summed E-state index contributed by atoms with van der Waals surface area (Å²) < 4.78 is 22.3. The number of carbonyl (C=O) groups excluding carboxylic acids is 1. The Morgan fingerprint density at radius 2 is 2.00 bits per heavy atom. The third kappa shape index (κ3) is 4.34. The van der Waals surface area contributed by atoms with Gasteiger partial charge in [0.2, 0.25) is 5.91 Å². The van der Waals surface area contributed by atoms with Crippen molar-refractivity contribution in [3.63, 3.8) is 0 Å². The zero-order valence-corrected chi connectivity index (χ0v) is 11.5. The zero-order valence-electron chi connectivity index (χ0n) is 9.97. The van der Waals surface area contributed by atoms with Crippen molar-refractivity contribution in [1.29, 1.82) is 0 Å². The van der Waals surface area contributed by atoms with Crippen LogP contribution in [-0.4, -0.2) is 32.7 Å². The van der Waals surface area contributed by atoms with Gasteiger partial charge in [-0.3, -0.25) is 4.79 Å². The first-order valence-electron chi connectivity index (χ1n) is 5.64. The summed E-state index contributed by atoms with van der Waals surface area (Å²) in [6, 6.07) is 6.44. The minimum absolute atomic E-state index is 0.00122. The second-order valence-corrected chi connectivity index (χ2v) is 6.57. The number of hydrogen-bond acceptors (Lipinski definition) is 4. The molecule has 0 bridgehead atoms. The Bertz CT molecular complexity index is 596. The van der Waals surface area contributed by atoms with Gasteiger partial charge in [0.05, 0.1) is 12.3 Å². The number of carbonyl (C=O) groups is 1. The van der Waals surface area contributed by atoms with Crippen molar-refractivity contribution in [2.75, 3.05) is 17.6 Å². The standard InChI is InChI=1S/C12H13ClN2O3S/c13-9-1-3-10(4-2-9)15-12(16)7-14-11-5-6-19(17,18)8-11/h1-6,11,14H,7-8H2,(H,15,16).